The molecule has 0 radical (unpaired) electrons. The van der Waals surface area contributed by atoms with Crippen molar-refractivity contribution >= 4 is 19.4 Å². The summed E-state index contributed by atoms with van der Waals surface area (Å²) in [6, 6.07) is 0. The first-order valence-electron chi connectivity index (χ1n) is 4.15. The van der Waals surface area contributed by atoms with Gasteiger partial charge < -0.3 is 0 Å². The van der Waals surface area contributed by atoms with Gasteiger partial charge in [0.25, 0.3) is 0 Å². The smallest absolute Gasteiger partial charge is 0.117 e. The molecule has 0 fully saturated rings. The quantitative estimate of drug-likeness (QED) is 0.409. The van der Waals surface area contributed by atoms with Crippen molar-refractivity contribution in [2.75, 3.05) is 5.75 Å². The van der Waals surface area contributed by atoms with Crippen LogP contribution in [-0.4, -0.2) is 13.0 Å². The lowest BCUT2D eigenvalue weighted by Gasteiger charge is -1.95. The Morgan fingerprint density at radius 3 is 2.50 bits per heavy atom. The van der Waals surface area contributed by atoms with E-state index in [0.717, 1.165) is 6.42 Å². The third-order valence-corrected chi connectivity index (χ3v) is 2.02. The van der Waals surface area contributed by atoms with E-state index < -0.39 is 0 Å². The van der Waals surface area contributed by atoms with Crippen LogP contribution in [0.3, 0.4) is 0 Å². The maximum atomic E-state index is 11.5. The van der Waals surface area contributed by atoms with Crippen molar-refractivity contribution < 1.29 is 3.89 Å². The van der Waals surface area contributed by atoms with Crippen molar-refractivity contribution in [1.82, 2.24) is 0 Å². The van der Waals surface area contributed by atoms with E-state index in [4.69, 9.17) is 0 Å². The van der Waals surface area contributed by atoms with Crippen LogP contribution in [0.2, 0.25) is 13.1 Å². The van der Waals surface area contributed by atoms with Gasteiger partial charge in [0.2, 0.25) is 0 Å². The average molecular weight is 162 g/mol. The number of halogens is 1. The highest BCUT2D eigenvalue weighted by molar-refractivity contribution is 7.94. The molecular formula is C7H16BFS. The van der Waals surface area contributed by atoms with E-state index in [1.165, 1.54) is 32.9 Å². The average Bonchev–Trinajstić information content (AvgIpc) is 1.97. The van der Waals surface area contributed by atoms with E-state index >= 15 is 0 Å². The molecule has 0 amide bonds. The third kappa shape index (κ3) is 8.34. The van der Waals surface area contributed by atoms with E-state index in [9.17, 15) is 3.89 Å². The second kappa shape index (κ2) is 9.34. The highest BCUT2D eigenvalue weighted by atomic mass is 32.2. The van der Waals surface area contributed by atoms with Gasteiger partial charge in [-0.05, 0) is 6.42 Å². The van der Waals surface area contributed by atoms with Crippen LogP contribution in [0.5, 0.6) is 0 Å². The van der Waals surface area contributed by atoms with Gasteiger partial charge in [0, 0.05) is 17.9 Å². The number of unbranched alkanes of at least 4 members (excludes halogenated alkanes) is 3. The zero-order valence-electron chi connectivity index (χ0n) is 6.74. The minimum atomic E-state index is 0.465. The van der Waals surface area contributed by atoms with Crippen molar-refractivity contribution in [2.24, 2.45) is 0 Å². The van der Waals surface area contributed by atoms with Gasteiger partial charge in [-0.25, -0.2) is 0 Å². The molecule has 0 aliphatic rings. The van der Waals surface area contributed by atoms with Crippen LogP contribution >= 0.6 is 12.1 Å². The minimum Gasteiger partial charge on any atom is -0.165 e. The summed E-state index contributed by atoms with van der Waals surface area (Å²) < 4.78 is 11.5. The predicted octanol–water partition coefficient (Wildman–Crippen LogP) is 3.07. The number of hydrogen-bond donors (Lipinski definition) is 0. The Morgan fingerprint density at radius 2 is 1.90 bits per heavy atom. The van der Waals surface area contributed by atoms with Gasteiger partial charge in [0.1, 0.15) is 7.28 Å². The molecule has 0 heterocycles. The molecular weight excluding hydrogens is 146 g/mol. The SMILES string of the molecule is CBCCCCCCSF. The van der Waals surface area contributed by atoms with Crippen LogP contribution in [0, 0.1) is 0 Å². The Morgan fingerprint density at radius 1 is 1.20 bits per heavy atom. The van der Waals surface area contributed by atoms with Crippen molar-refractivity contribution in [3.05, 3.63) is 0 Å². The second-order valence-electron chi connectivity index (χ2n) is 2.58. The molecule has 0 saturated heterocycles. The molecule has 3 heteroatoms. The first kappa shape index (κ1) is 10.3. The number of hydrogen-bond acceptors (Lipinski definition) is 1. The minimum absolute atomic E-state index is 0.465. The predicted molar refractivity (Wildman–Crippen MR) is 49.9 cm³/mol. The molecule has 0 N–H and O–H groups in total. The van der Waals surface area contributed by atoms with Gasteiger partial charge in [-0.1, -0.05) is 32.4 Å². The van der Waals surface area contributed by atoms with E-state index in [-0.39, 0.29) is 0 Å². The molecule has 0 rings (SSSR count). The van der Waals surface area contributed by atoms with Crippen molar-refractivity contribution in [2.45, 2.75) is 38.8 Å². The van der Waals surface area contributed by atoms with Crippen molar-refractivity contribution in [3.8, 4) is 0 Å². The summed E-state index contributed by atoms with van der Waals surface area (Å²) in [4.78, 5) is 0. The molecule has 0 aromatic rings. The molecule has 0 saturated carbocycles. The normalized spacial score (nSPS) is 9.80. The van der Waals surface area contributed by atoms with Crippen LogP contribution in [0.25, 0.3) is 0 Å². The summed E-state index contributed by atoms with van der Waals surface area (Å²) in [6.07, 6.45) is 6.20. The summed E-state index contributed by atoms with van der Waals surface area (Å²) in [5, 5.41) is 0. The van der Waals surface area contributed by atoms with Gasteiger partial charge >= 0.3 is 0 Å². The van der Waals surface area contributed by atoms with Crippen LogP contribution in [0.1, 0.15) is 25.7 Å². The molecule has 60 valence electrons. The molecule has 0 aliphatic heterocycles. The Balaban J connectivity index is 2.65. The maximum Gasteiger partial charge on any atom is 0.117 e. The maximum absolute atomic E-state index is 11.5. The van der Waals surface area contributed by atoms with Gasteiger partial charge in [0.15, 0.2) is 0 Å². The Labute approximate surface area is 68.5 Å². The van der Waals surface area contributed by atoms with Crippen LogP contribution in [-0.2, 0) is 0 Å². The summed E-state index contributed by atoms with van der Waals surface area (Å²) in [6.45, 7) is 2.21. The summed E-state index contributed by atoms with van der Waals surface area (Å²) in [5.41, 5.74) is 0. The number of rotatable bonds is 7. The van der Waals surface area contributed by atoms with E-state index in [1.54, 1.807) is 0 Å². The molecule has 0 aromatic carbocycles. The highest BCUT2D eigenvalue weighted by Crippen LogP contribution is 2.08. The highest BCUT2D eigenvalue weighted by Gasteiger charge is 1.89. The van der Waals surface area contributed by atoms with Gasteiger partial charge in [-0.3, -0.25) is 0 Å². The summed E-state index contributed by atoms with van der Waals surface area (Å²) >= 11 is 0.465. The molecule has 0 atom stereocenters. The molecule has 0 aromatic heterocycles. The molecule has 0 aliphatic carbocycles. The largest absolute Gasteiger partial charge is 0.165 e. The summed E-state index contributed by atoms with van der Waals surface area (Å²) in [5.74, 6) is 0.687. The fourth-order valence-electron chi connectivity index (χ4n) is 0.937. The van der Waals surface area contributed by atoms with Crippen LogP contribution in [0.15, 0.2) is 0 Å². The Hall–Kier alpha value is 0.345. The fraction of sp³-hybridized carbons (Fsp3) is 1.00. The first-order valence-corrected chi connectivity index (χ1v) is 5.04. The lowest BCUT2D eigenvalue weighted by Crippen LogP contribution is -1.83. The zero-order valence-corrected chi connectivity index (χ0v) is 7.55. The standard InChI is InChI=1S/C7H16BFS/c1-8-6-4-2-3-5-7-10-9/h8H,2-7H2,1H3. The van der Waals surface area contributed by atoms with Crippen LogP contribution in [0.4, 0.5) is 3.89 Å². The Bertz CT molecular complexity index is 53.6. The monoisotopic (exact) mass is 162 g/mol. The van der Waals surface area contributed by atoms with E-state index in [0.29, 0.717) is 17.9 Å². The van der Waals surface area contributed by atoms with Crippen LogP contribution < -0.4 is 0 Å². The van der Waals surface area contributed by atoms with E-state index in [2.05, 4.69) is 6.82 Å². The van der Waals surface area contributed by atoms with Crippen molar-refractivity contribution in [3.63, 3.8) is 0 Å². The first-order chi connectivity index (χ1) is 4.91. The van der Waals surface area contributed by atoms with Gasteiger partial charge in [-0.15, -0.1) is 0 Å². The van der Waals surface area contributed by atoms with Gasteiger partial charge in [0.05, 0.1) is 0 Å². The Kier molecular flexibility index (Phi) is 9.67. The topological polar surface area (TPSA) is 0 Å². The fourth-order valence-corrected chi connectivity index (χ4v) is 1.25. The molecule has 0 bridgehead atoms. The van der Waals surface area contributed by atoms with E-state index in [1.807, 2.05) is 0 Å². The molecule has 0 spiro atoms. The molecule has 0 unspecified atom stereocenters. The third-order valence-electron chi connectivity index (χ3n) is 1.58. The lowest BCUT2D eigenvalue weighted by molar-refractivity contribution is 0.702. The zero-order chi connectivity index (χ0) is 7.66. The summed E-state index contributed by atoms with van der Waals surface area (Å²) in [7, 11) is 1.29. The molecule has 10 heavy (non-hydrogen) atoms. The van der Waals surface area contributed by atoms with Crippen molar-refractivity contribution in [1.29, 1.82) is 0 Å². The van der Waals surface area contributed by atoms with Gasteiger partial charge in [-0.2, -0.15) is 3.89 Å². The molecule has 0 nitrogen and oxygen atoms in total. The second-order valence-corrected chi connectivity index (χ2v) is 3.21. The lowest BCUT2D eigenvalue weighted by atomic mass is 9.76.